The minimum atomic E-state index is -1.11. The number of hydrogen-bond donors (Lipinski definition) is 2. The second kappa shape index (κ2) is 8.62. The van der Waals surface area contributed by atoms with Gasteiger partial charge in [0.1, 0.15) is 22.9 Å². The van der Waals surface area contributed by atoms with E-state index in [0.717, 1.165) is 11.1 Å². The molecule has 3 rings (SSSR count). The van der Waals surface area contributed by atoms with Gasteiger partial charge >= 0.3 is 5.97 Å². The van der Waals surface area contributed by atoms with Gasteiger partial charge in [0.05, 0.1) is 0 Å². The van der Waals surface area contributed by atoms with Crippen LogP contribution in [0.1, 0.15) is 27.3 Å². The summed E-state index contributed by atoms with van der Waals surface area (Å²) in [6.07, 6.45) is 1.25. The Morgan fingerprint density at radius 3 is 2.12 bits per heavy atom. The van der Waals surface area contributed by atoms with Crippen molar-refractivity contribution in [2.75, 3.05) is 0 Å². The van der Waals surface area contributed by atoms with E-state index in [1.165, 1.54) is 6.20 Å². The minimum absolute atomic E-state index is 0.0520. The van der Waals surface area contributed by atoms with Crippen molar-refractivity contribution >= 4 is 5.97 Å². The molecule has 2 N–H and O–H groups in total. The third-order valence-electron chi connectivity index (χ3n) is 3.52. The van der Waals surface area contributed by atoms with E-state index in [1.807, 2.05) is 50.2 Å². The number of rotatable bonds is 3. The summed E-state index contributed by atoms with van der Waals surface area (Å²) in [5, 5.41) is 18.0. The van der Waals surface area contributed by atoms with Crippen molar-refractivity contribution in [1.29, 1.82) is 0 Å². The molecule has 134 valence electrons. The Morgan fingerprint density at radius 1 is 0.962 bits per heavy atom. The lowest BCUT2D eigenvalue weighted by Crippen LogP contribution is -2.05. The van der Waals surface area contributed by atoms with Crippen molar-refractivity contribution in [3.05, 3.63) is 77.2 Å². The predicted octanol–water partition coefficient (Wildman–Crippen LogP) is 4.28. The summed E-state index contributed by atoms with van der Waals surface area (Å²) >= 11 is 0. The van der Waals surface area contributed by atoms with Gasteiger partial charge in [0.2, 0.25) is 5.88 Å². The van der Waals surface area contributed by atoms with Crippen LogP contribution in [-0.4, -0.2) is 26.2 Å². The maximum atomic E-state index is 11.0. The number of carbonyl (C=O) groups is 1. The average molecular weight is 352 g/mol. The predicted molar refractivity (Wildman–Crippen MR) is 97.8 cm³/mol. The highest BCUT2D eigenvalue weighted by Crippen LogP contribution is 2.25. The molecule has 0 radical (unpaired) electrons. The first-order valence-electron chi connectivity index (χ1n) is 7.93. The largest absolute Gasteiger partial charge is 0.508 e. The number of aryl methyl sites for hydroxylation is 3. The lowest BCUT2D eigenvalue weighted by atomic mass is 10.2. The van der Waals surface area contributed by atoms with Crippen LogP contribution in [0.15, 0.2) is 54.7 Å². The third-order valence-corrected chi connectivity index (χ3v) is 3.52. The standard InChI is InChI=1S/C13H12N2O3.C7H8O/c1-8-5-3-4-6-11(8)18-12-10(13(16)17)7-14-9(2)15-12;1-6-4-2-3-5-7(6)8/h3-7H,1-2H3,(H,16,17);2-5,8H,1H3. The Balaban J connectivity index is 0.000000254. The van der Waals surface area contributed by atoms with Gasteiger partial charge in [-0.25, -0.2) is 9.78 Å². The molecule has 1 aromatic heterocycles. The quantitative estimate of drug-likeness (QED) is 0.731. The van der Waals surface area contributed by atoms with E-state index in [0.29, 0.717) is 17.3 Å². The molecule has 0 spiro atoms. The molecule has 6 nitrogen and oxygen atoms in total. The van der Waals surface area contributed by atoms with Crippen LogP contribution < -0.4 is 4.74 Å². The summed E-state index contributed by atoms with van der Waals surface area (Å²) in [5.74, 6) is 0.358. The topological polar surface area (TPSA) is 92.5 Å². The van der Waals surface area contributed by atoms with Crippen molar-refractivity contribution in [2.24, 2.45) is 0 Å². The van der Waals surface area contributed by atoms with Gasteiger partial charge in [-0.05, 0) is 44.0 Å². The van der Waals surface area contributed by atoms with Crippen molar-refractivity contribution in [3.63, 3.8) is 0 Å². The van der Waals surface area contributed by atoms with Gasteiger partial charge < -0.3 is 14.9 Å². The van der Waals surface area contributed by atoms with Crippen molar-refractivity contribution in [3.8, 4) is 17.4 Å². The number of ether oxygens (including phenoxy) is 1. The fourth-order valence-electron chi connectivity index (χ4n) is 2.01. The molecular weight excluding hydrogens is 332 g/mol. The number of benzene rings is 2. The van der Waals surface area contributed by atoms with Crippen LogP contribution in [0.3, 0.4) is 0 Å². The second-order valence-corrected chi connectivity index (χ2v) is 5.60. The highest BCUT2D eigenvalue weighted by molar-refractivity contribution is 5.89. The van der Waals surface area contributed by atoms with E-state index in [9.17, 15) is 4.79 Å². The fraction of sp³-hybridized carbons (Fsp3) is 0.150. The van der Waals surface area contributed by atoms with Gasteiger partial charge in [-0.15, -0.1) is 0 Å². The number of carboxylic acids is 1. The highest BCUT2D eigenvalue weighted by Gasteiger charge is 2.15. The number of carboxylic acid groups (broad SMARTS) is 1. The van der Waals surface area contributed by atoms with E-state index in [2.05, 4.69) is 9.97 Å². The molecule has 0 atom stereocenters. The Labute approximate surface area is 151 Å². The van der Waals surface area contributed by atoms with Crippen LogP contribution in [0.5, 0.6) is 17.4 Å². The van der Waals surface area contributed by atoms with Crippen molar-refractivity contribution in [2.45, 2.75) is 20.8 Å². The van der Waals surface area contributed by atoms with Gasteiger partial charge in [0, 0.05) is 6.20 Å². The summed E-state index contributed by atoms with van der Waals surface area (Å²) in [6, 6.07) is 14.6. The molecular formula is C20H20N2O4. The van der Waals surface area contributed by atoms with E-state index >= 15 is 0 Å². The van der Waals surface area contributed by atoms with E-state index < -0.39 is 5.97 Å². The van der Waals surface area contributed by atoms with Crippen LogP contribution in [0.25, 0.3) is 0 Å². The zero-order valence-electron chi connectivity index (χ0n) is 14.8. The molecule has 6 heteroatoms. The minimum Gasteiger partial charge on any atom is -0.508 e. The Kier molecular flexibility index (Phi) is 6.27. The molecule has 0 aliphatic carbocycles. The summed E-state index contributed by atoms with van der Waals surface area (Å²) in [5.41, 5.74) is 1.78. The van der Waals surface area contributed by atoms with Crippen LogP contribution in [-0.2, 0) is 0 Å². The lowest BCUT2D eigenvalue weighted by molar-refractivity contribution is 0.0692. The number of aromatic hydroxyl groups is 1. The number of phenolic OH excluding ortho intramolecular Hbond substituents is 1. The molecule has 2 aromatic carbocycles. The number of aromatic nitrogens is 2. The molecule has 0 aliphatic rings. The van der Waals surface area contributed by atoms with E-state index in [4.69, 9.17) is 14.9 Å². The van der Waals surface area contributed by atoms with E-state index in [1.54, 1.807) is 19.1 Å². The normalized spacial score (nSPS) is 9.81. The first-order valence-corrected chi connectivity index (χ1v) is 7.93. The van der Waals surface area contributed by atoms with Crippen molar-refractivity contribution < 1.29 is 19.7 Å². The lowest BCUT2D eigenvalue weighted by Gasteiger charge is -2.09. The Bertz CT molecular complexity index is 889. The molecule has 3 aromatic rings. The first kappa shape index (κ1) is 18.9. The summed E-state index contributed by atoms with van der Waals surface area (Å²) in [7, 11) is 0. The molecule has 0 amide bonds. The molecule has 0 saturated carbocycles. The maximum absolute atomic E-state index is 11.0. The van der Waals surface area contributed by atoms with Gasteiger partial charge in [-0.1, -0.05) is 36.4 Å². The van der Waals surface area contributed by atoms with Crippen LogP contribution in [0.4, 0.5) is 0 Å². The molecule has 26 heavy (non-hydrogen) atoms. The first-order chi connectivity index (χ1) is 12.4. The number of para-hydroxylation sites is 2. The van der Waals surface area contributed by atoms with Gasteiger partial charge in [-0.3, -0.25) is 0 Å². The summed E-state index contributed by atoms with van der Waals surface area (Å²) < 4.78 is 5.55. The smallest absolute Gasteiger partial charge is 0.342 e. The van der Waals surface area contributed by atoms with Crippen molar-refractivity contribution in [1.82, 2.24) is 9.97 Å². The number of aromatic carboxylic acids is 1. The van der Waals surface area contributed by atoms with Gasteiger partial charge in [0.25, 0.3) is 0 Å². The molecule has 0 bridgehead atoms. The number of nitrogens with zero attached hydrogens (tertiary/aromatic N) is 2. The number of hydrogen-bond acceptors (Lipinski definition) is 5. The highest BCUT2D eigenvalue weighted by atomic mass is 16.5. The van der Waals surface area contributed by atoms with Crippen LogP contribution in [0.2, 0.25) is 0 Å². The zero-order valence-corrected chi connectivity index (χ0v) is 14.8. The van der Waals surface area contributed by atoms with Gasteiger partial charge in [0.15, 0.2) is 0 Å². The molecule has 0 saturated heterocycles. The molecule has 0 fully saturated rings. The fourth-order valence-corrected chi connectivity index (χ4v) is 2.01. The third kappa shape index (κ3) is 5.04. The van der Waals surface area contributed by atoms with Gasteiger partial charge in [-0.2, -0.15) is 4.98 Å². The SMILES string of the molecule is Cc1ccccc1O.Cc1ncc(C(=O)O)c(Oc2ccccc2C)n1. The second-order valence-electron chi connectivity index (χ2n) is 5.60. The van der Waals surface area contributed by atoms with E-state index in [-0.39, 0.29) is 11.4 Å². The molecule has 0 aliphatic heterocycles. The maximum Gasteiger partial charge on any atom is 0.342 e. The summed E-state index contributed by atoms with van der Waals surface area (Å²) in [6.45, 7) is 5.43. The molecule has 0 unspecified atom stereocenters. The average Bonchev–Trinajstić information content (AvgIpc) is 2.60. The monoisotopic (exact) mass is 352 g/mol. The molecule has 1 heterocycles. The summed E-state index contributed by atoms with van der Waals surface area (Å²) in [4.78, 5) is 18.9. The number of phenols is 1. The Hall–Kier alpha value is -3.41. The Morgan fingerprint density at radius 2 is 1.58 bits per heavy atom. The zero-order chi connectivity index (χ0) is 19.1. The van der Waals surface area contributed by atoms with Crippen LogP contribution in [0, 0.1) is 20.8 Å². The van der Waals surface area contributed by atoms with Crippen LogP contribution >= 0.6 is 0 Å².